The Morgan fingerprint density at radius 3 is 1.50 bits per heavy atom. The smallest absolute Gasteiger partial charge is 0.200 e. The average Bonchev–Trinajstić information content (AvgIpc) is 2.66. The van der Waals surface area contributed by atoms with Crippen molar-refractivity contribution >= 4 is 55.2 Å². The lowest BCUT2D eigenvalue weighted by molar-refractivity contribution is -0.0496. The average molecular weight is 516 g/mol. The van der Waals surface area contributed by atoms with Gasteiger partial charge in [-0.25, -0.2) is 0 Å². The predicted molar refractivity (Wildman–Crippen MR) is 113 cm³/mol. The Labute approximate surface area is 188 Å². The summed E-state index contributed by atoms with van der Waals surface area (Å²) in [5, 5.41) is -0.137. The molecule has 0 N–H and O–H groups in total. The van der Waals surface area contributed by atoms with Crippen LogP contribution in [0.15, 0.2) is 87.5 Å². The summed E-state index contributed by atoms with van der Waals surface area (Å²) < 4.78 is 69.7. The van der Waals surface area contributed by atoms with Crippen molar-refractivity contribution in [3.05, 3.63) is 87.9 Å². The van der Waals surface area contributed by atoms with E-state index < -0.39 is 25.9 Å². The summed E-state index contributed by atoms with van der Waals surface area (Å²) in [4.78, 5) is 0.186. The molecule has 3 aromatic carbocycles. The lowest BCUT2D eigenvalue weighted by Crippen LogP contribution is -2.27. The van der Waals surface area contributed by atoms with E-state index in [4.69, 9.17) is 38.4 Å². The van der Waals surface area contributed by atoms with Crippen molar-refractivity contribution in [1.82, 2.24) is 0 Å². The van der Waals surface area contributed by atoms with E-state index in [1.807, 2.05) is 0 Å². The highest BCUT2D eigenvalue weighted by Gasteiger charge is 2.53. The van der Waals surface area contributed by atoms with Gasteiger partial charge in [-0.05, 0) is 46.7 Å². The van der Waals surface area contributed by atoms with Gasteiger partial charge in [-0.2, -0.15) is 25.2 Å². The molecule has 3 aromatic rings. The maximum absolute atomic E-state index is 13.4. The molecule has 3 rings (SSSR count). The molecule has 0 aliphatic heterocycles. The highest BCUT2D eigenvalue weighted by Crippen LogP contribution is 2.73. The van der Waals surface area contributed by atoms with Crippen molar-refractivity contribution in [3.8, 4) is 0 Å². The zero-order chi connectivity index (χ0) is 22.2. The lowest BCUT2D eigenvalue weighted by atomic mass is 10.3. The van der Waals surface area contributed by atoms with Gasteiger partial charge in [-0.1, -0.05) is 71.2 Å². The van der Waals surface area contributed by atoms with Crippen LogP contribution in [-0.4, -0.2) is 13.9 Å². The lowest BCUT2D eigenvalue weighted by Gasteiger charge is -2.40. The fraction of sp³-hybridized carbons (Fsp3) is 0.0526. The maximum Gasteiger partial charge on any atom is 0.524 e. The van der Waals surface area contributed by atoms with Crippen LogP contribution < -0.4 is 0 Å². The molecule has 160 valence electrons. The van der Waals surface area contributed by atoms with Gasteiger partial charge >= 0.3 is 15.6 Å². The van der Waals surface area contributed by atoms with Gasteiger partial charge in [0.2, 0.25) is 0 Å². The summed E-state index contributed by atoms with van der Waals surface area (Å²) >= 11 is 18.7. The van der Waals surface area contributed by atoms with Crippen molar-refractivity contribution in [2.75, 3.05) is 0 Å². The molecule has 0 atom stereocenters. The molecule has 0 saturated heterocycles. The van der Waals surface area contributed by atoms with E-state index in [0.717, 1.165) is 0 Å². The van der Waals surface area contributed by atoms with Crippen LogP contribution in [0.2, 0.25) is 15.1 Å². The second-order valence-corrected chi connectivity index (χ2v) is 11.5. The molecule has 0 aromatic heterocycles. The second kappa shape index (κ2) is 8.61. The van der Waals surface area contributed by atoms with Crippen LogP contribution in [0.1, 0.15) is 0 Å². The largest absolute Gasteiger partial charge is 0.524 e. The first-order valence-electron chi connectivity index (χ1n) is 8.09. The predicted octanol–water partition coefficient (Wildman–Crippen LogP) is 7.71. The molecular formula is C19H12Cl3F3O3S2. The van der Waals surface area contributed by atoms with E-state index in [0.29, 0.717) is 0 Å². The molecule has 0 fully saturated rings. The third kappa shape index (κ3) is 4.30. The minimum Gasteiger partial charge on any atom is -0.200 e. The number of hydrogen-bond donors (Lipinski definition) is 0. The van der Waals surface area contributed by atoms with E-state index >= 15 is 0 Å². The summed E-state index contributed by atoms with van der Waals surface area (Å²) in [5.41, 5.74) is -5.67. The molecule has 30 heavy (non-hydrogen) atoms. The molecule has 11 heteroatoms. The normalized spacial score (nSPS) is 13.3. The fourth-order valence-electron chi connectivity index (χ4n) is 2.69. The van der Waals surface area contributed by atoms with Crippen molar-refractivity contribution in [2.45, 2.75) is 20.2 Å². The van der Waals surface area contributed by atoms with Crippen molar-refractivity contribution in [1.29, 1.82) is 0 Å². The Morgan fingerprint density at radius 1 is 0.733 bits per heavy atom. The van der Waals surface area contributed by atoms with Gasteiger partial charge in [0, 0.05) is 14.8 Å². The van der Waals surface area contributed by atoms with Gasteiger partial charge in [0.1, 0.15) is 0 Å². The van der Waals surface area contributed by atoms with Gasteiger partial charge < -0.3 is 0 Å². The molecule has 0 unspecified atom stereocenters. The molecule has 0 aliphatic carbocycles. The van der Waals surface area contributed by atoms with E-state index in [2.05, 4.69) is 0 Å². The third-order valence-corrected chi connectivity index (χ3v) is 9.90. The summed E-state index contributed by atoms with van der Waals surface area (Å²) in [7, 11) is -9.64. The molecule has 0 heterocycles. The zero-order valence-electron chi connectivity index (χ0n) is 14.7. The van der Waals surface area contributed by atoms with Gasteiger partial charge in [0.25, 0.3) is 0 Å². The number of benzene rings is 3. The quantitative estimate of drug-likeness (QED) is 0.327. The van der Waals surface area contributed by atoms with E-state index in [-0.39, 0.29) is 29.8 Å². The first kappa shape index (κ1) is 23.2. The van der Waals surface area contributed by atoms with E-state index in [1.54, 1.807) is 36.4 Å². The fourth-order valence-corrected chi connectivity index (χ4v) is 8.93. The van der Waals surface area contributed by atoms with Crippen LogP contribution in [0.3, 0.4) is 0 Å². The zero-order valence-corrected chi connectivity index (χ0v) is 18.6. The van der Waals surface area contributed by atoms with Crippen LogP contribution in [0.5, 0.6) is 0 Å². The standard InChI is InChI=1S/C19H12Cl3F3O3S2/c20-13-11-16(21)18(17(22)12-13)29(14-7-3-1-4-8-14,15-9-5-2-6-10-15)28-30(26,27)19(23,24)25/h1-12H. The van der Waals surface area contributed by atoms with Crippen molar-refractivity contribution in [3.63, 3.8) is 0 Å². The SMILES string of the molecule is O=S(=O)(OS(c1ccccc1)(c1ccccc1)c1c(Cl)cc(Cl)cc1Cl)C(F)(F)F. The molecule has 0 bridgehead atoms. The Kier molecular flexibility index (Phi) is 6.67. The molecule has 0 saturated carbocycles. The van der Waals surface area contributed by atoms with Crippen LogP contribution in [0, 0.1) is 0 Å². The number of rotatable bonds is 5. The minimum atomic E-state index is -6.06. The first-order chi connectivity index (χ1) is 14.0. The van der Waals surface area contributed by atoms with Gasteiger partial charge in [-0.15, -0.1) is 0 Å². The van der Waals surface area contributed by atoms with Gasteiger partial charge in [0.15, 0.2) is 0 Å². The maximum atomic E-state index is 13.4. The molecule has 0 amide bonds. The highest BCUT2D eigenvalue weighted by molar-refractivity contribution is 8.33. The van der Waals surface area contributed by atoms with Gasteiger partial charge in [-0.3, -0.25) is 0 Å². The monoisotopic (exact) mass is 514 g/mol. The van der Waals surface area contributed by atoms with E-state index in [1.165, 1.54) is 36.4 Å². The Balaban J connectivity index is 2.49. The molecule has 0 aliphatic rings. The topological polar surface area (TPSA) is 43.4 Å². The highest BCUT2D eigenvalue weighted by atomic mass is 35.5. The van der Waals surface area contributed by atoms with Crippen molar-refractivity contribution in [2.24, 2.45) is 0 Å². The Bertz CT molecular complexity index is 1090. The van der Waals surface area contributed by atoms with Crippen LogP contribution in [0.4, 0.5) is 13.2 Å². The van der Waals surface area contributed by atoms with Crippen LogP contribution in [0.25, 0.3) is 0 Å². The number of alkyl halides is 3. The van der Waals surface area contributed by atoms with Crippen LogP contribution in [-0.2, 0) is 13.7 Å². The Hall–Kier alpha value is -1.42. The van der Waals surface area contributed by atoms with Crippen molar-refractivity contribution < 1.29 is 25.2 Å². The van der Waals surface area contributed by atoms with Crippen LogP contribution >= 0.6 is 45.1 Å². The second-order valence-electron chi connectivity index (χ2n) is 5.85. The number of halogens is 6. The minimum absolute atomic E-state index is 0.111. The summed E-state index contributed by atoms with van der Waals surface area (Å²) in [6, 6.07) is 17.8. The first-order valence-corrected chi connectivity index (χ1v) is 12.2. The summed E-state index contributed by atoms with van der Waals surface area (Å²) in [6.07, 6.45) is 0. The molecule has 0 radical (unpaired) electrons. The molecular weight excluding hydrogens is 504 g/mol. The number of hydrogen-bond acceptors (Lipinski definition) is 3. The summed E-state index contributed by atoms with van der Waals surface area (Å²) in [6.45, 7) is 0. The van der Waals surface area contributed by atoms with Gasteiger partial charge in [0.05, 0.1) is 14.9 Å². The molecule has 0 spiro atoms. The Morgan fingerprint density at radius 2 is 1.13 bits per heavy atom. The third-order valence-electron chi connectivity index (χ3n) is 3.88. The molecule has 3 nitrogen and oxygen atoms in total. The van der Waals surface area contributed by atoms with E-state index in [9.17, 15) is 21.6 Å². The summed E-state index contributed by atoms with van der Waals surface area (Å²) in [5.74, 6) is 0.